The molecule has 0 fully saturated rings. The summed E-state index contributed by atoms with van der Waals surface area (Å²) in [6.45, 7) is 3.58. The maximum atomic E-state index is 12.8. The molecule has 1 amide bonds. The highest BCUT2D eigenvalue weighted by molar-refractivity contribution is 6.06. The van der Waals surface area contributed by atoms with Gasteiger partial charge in [-0.25, -0.2) is 4.68 Å². The van der Waals surface area contributed by atoms with E-state index < -0.39 is 5.91 Å². The van der Waals surface area contributed by atoms with Crippen LogP contribution in [0.4, 0.5) is 5.69 Å². The number of aryl methyl sites for hydroxylation is 1. The molecule has 1 aromatic heterocycles. The second kappa shape index (κ2) is 6.32. The van der Waals surface area contributed by atoms with Gasteiger partial charge in [0.05, 0.1) is 16.9 Å². The van der Waals surface area contributed by atoms with Gasteiger partial charge in [-0.3, -0.25) is 14.3 Å². The van der Waals surface area contributed by atoms with Gasteiger partial charge in [0, 0.05) is 7.05 Å². The Morgan fingerprint density at radius 1 is 1.08 bits per heavy atom. The lowest BCUT2D eigenvalue weighted by molar-refractivity contribution is 0.102. The quantitative estimate of drug-likeness (QED) is 0.771. The third-order valence-corrected chi connectivity index (χ3v) is 4.19. The van der Waals surface area contributed by atoms with Gasteiger partial charge >= 0.3 is 0 Å². The van der Waals surface area contributed by atoms with Gasteiger partial charge in [-0.15, -0.1) is 0 Å². The number of aromatic nitrogens is 2. The molecule has 0 aliphatic heterocycles. The van der Waals surface area contributed by atoms with Crippen LogP contribution in [0.2, 0.25) is 0 Å². The van der Waals surface area contributed by atoms with Crippen LogP contribution < -0.4 is 10.9 Å². The zero-order chi connectivity index (χ0) is 18.1. The molecule has 128 valence electrons. The molecular weight excluding hydrogens is 318 g/mol. The van der Waals surface area contributed by atoms with Gasteiger partial charge in [-0.05, 0) is 38.1 Å². The number of hydrogen-bond donors (Lipinski definition) is 2. The molecule has 2 aromatic carbocycles. The van der Waals surface area contributed by atoms with Crippen molar-refractivity contribution in [3.8, 4) is 11.4 Å². The molecule has 6 heteroatoms. The van der Waals surface area contributed by atoms with Crippen molar-refractivity contribution in [1.29, 1.82) is 0 Å². The van der Waals surface area contributed by atoms with Crippen LogP contribution in [-0.4, -0.2) is 20.4 Å². The third-order valence-electron chi connectivity index (χ3n) is 4.19. The molecule has 0 unspecified atom stereocenters. The van der Waals surface area contributed by atoms with Gasteiger partial charge in [-0.1, -0.05) is 29.8 Å². The number of nitrogens with one attached hydrogen (secondary N) is 1. The fourth-order valence-electron chi connectivity index (χ4n) is 2.72. The number of aromatic hydroxyl groups is 1. The zero-order valence-corrected chi connectivity index (χ0v) is 14.3. The number of rotatable bonds is 3. The second-order valence-corrected chi connectivity index (χ2v) is 5.91. The number of carbonyl (C=O) groups is 1. The summed E-state index contributed by atoms with van der Waals surface area (Å²) in [6, 6.07) is 13.9. The van der Waals surface area contributed by atoms with E-state index in [2.05, 4.69) is 5.32 Å². The van der Waals surface area contributed by atoms with E-state index in [0.717, 1.165) is 5.56 Å². The number of anilines is 1. The molecule has 0 spiro atoms. The molecule has 25 heavy (non-hydrogen) atoms. The van der Waals surface area contributed by atoms with Crippen molar-refractivity contribution in [3.05, 3.63) is 75.7 Å². The van der Waals surface area contributed by atoms with Crippen LogP contribution in [0.3, 0.4) is 0 Å². The monoisotopic (exact) mass is 337 g/mol. The molecule has 0 aliphatic rings. The molecule has 0 bridgehead atoms. The Kier molecular flexibility index (Phi) is 4.19. The minimum atomic E-state index is -0.521. The summed E-state index contributed by atoms with van der Waals surface area (Å²) in [6.07, 6.45) is 0. The predicted molar refractivity (Wildman–Crippen MR) is 96.5 cm³/mol. The zero-order valence-electron chi connectivity index (χ0n) is 14.3. The number of phenols is 1. The predicted octanol–water partition coefficient (Wildman–Crippen LogP) is 2.75. The van der Waals surface area contributed by atoms with Crippen LogP contribution in [0, 0.1) is 13.8 Å². The SMILES string of the molecule is Cc1ccc(O)c(C(=O)Nc2c(C)n(C)n(-c3ccccc3)c2=O)c1. The van der Waals surface area contributed by atoms with E-state index in [9.17, 15) is 14.7 Å². The summed E-state index contributed by atoms with van der Waals surface area (Å²) in [4.78, 5) is 25.3. The summed E-state index contributed by atoms with van der Waals surface area (Å²) < 4.78 is 3.17. The number of amides is 1. The average Bonchev–Trinajstić information content (AvgIpc) is 2.81. The highest BCUT2D eigenvalue weighted by Gasteiger charge is 2.20. The van der Waals surface area contributed by atoms with Gasteiger partial charge in [0.15, 0.2) is 0 Å². The van der Waals surface area contributed by atoms with E-state index in [1.165, 1.54) is 10.7 Å². The van der Waals surface area contributed by atoms with Crippen LogP contribution in [0.15, 0.2) is 53.3 Å². The van der Waals surface area contributed by atoms with Crippen molar-refractivity contribution >= 4 is 11.6 Å². The Labute approximate surface area is 144 Å². The summed E-state index contributed by atoms with van der Waals surface area (Å²) in [7, 11) is 1.75. The van der Waals surface area contributed by atoms with Crippen molar-refractivity contribution in [2.24, 2.45) is 7.05 Å². The van der Waals surface area contributed by atoms with Crippen LogP contribution in [-0.2, 0) is 7.05 Å². The molecule has 0 saturated carbocycles. The number of hydrogen-bond acceptors (Lipinski definition) is 3. The van der Waals surface area contributed by atoms with Crippen molar-refractivity contribution in [2.75, 3.05) is 5.32 Å². The van der Waals surface area contributed by atoms with Crippen LogP contribution in [0.5, 0.6) is 5.75 Å². The maximum absolute atomic E-state index is 12.8. The Balaban J connectivity index is 2.03. The van der Waals surface area contributed by atoms with Crippen LogP contribution in [0.1, 0.15) is 21.6 Å². The van der Waals surface area contributed by atoms with E-state index in [1.54, 1.807) is 30.8 Å². The summed E-state index contributed by atoms with van der Waals surface area (Å²) >= 11 is 0. The summed E-state index contributed by atoms with van der Waals surface area (Å²) in [5, 5.41) is 12.6. The number of carbonyl (C=O) groups excluding carboxylic acids is 1. The van der Waals surface area contributed by atoms with Gasteiger partial charge in [-0.2, -0.15) is 0 Å². The maximum Gasteiger partial charge on any atom is 0.295 e. The highest BCUT2D eigenvalue weighted by atomic mass is 16.3. The molecule has 6 nitrogen and oxygen atoms in total. The molecule has 0 radical (unpaired) electrons. The van der Waals surface area contributed by atoms with E-state index in [1.807, 2.05) is 37.3 Å². The Morgan fingerprint density at radius 3 is 2.44 bits per heavy atom. The Morgan fingerprint density at radius 2 is 1.76 bits per heavy atom. The highest BCUT2D eigenvalue weighted by Crippen LogP contribution is 2.21. The molecular formula is C19H19N3O3. The lowest BCUT2D eigenvalue weighted by Gasteiger charge is -2.07. The van der Waals surface area contributed by atoms with Gasteiger partial charge in [0.2, 0.25) is 0 Å². The van der Waals surface area contributed by atoms with Gasteiger partial charge in [0.1, 0.15) is 11.4 Å². The topological polar surface area (TPSA) is 76.3 Å². The smallest absolute Gasteiger partial charge is 0.295 e. The molecule has 3 aromatic rings. The van der Waals surface area contributed by atoms with Crippen LogP contribution in [0.25, 0.3) is 5.69 Å². The van der Waals surface area contributed by atoms with Crippen molar-refractivity contribution in [1.82, 2.24) is 9.36 Å². The number of phenolic OH excluding ortho intramolecular Hbond substituents is 1. The Hall–Kier alpha value is -3.28. The molecule has 0 aliphatic carbocycles. The minimum Gasteiger partial charge on any atom is -0.507 e. The fourth-order valence-corrected chi connectivity index (χ4v) is 2.72. The van der Waals surface area contributed by atoms with Crippen molar-refractivity contribution < 1.29 is 9.90 Å². The normalized spacial score (nSPS) is 10.7. The van der Waals surface area contributed by atoms with E-state index in [0.29, 0.717) is 11.4 Å². The van der Waals surface area contributed by atoms with Gasteiger partial charge < -0.3 is 10.4 Å². The fraction of sp³-hybridized carbons (Fsp3) is 0.158. The average molecular weight is 337 g/mol. The molecule has 3 rings (SSSR count). The molecule has 2 N–H and O–H groups in total. The lowest BCUT2D eigenvalue weighted by Crippen LogP contribution is -2.23. The number of nitrogens with zero attached hydrogens (tertiary/aromatic N) is 2. The van der Waals surface area contributed by atoms with Crippen LogP contribution >= 0.6 is 0 Å². The first-order chi connectivity index (χ1) is 11.9. The number of benzene rings is 2. The first-order valence-electron chi connectivity index (χ1n) is 7.85. The van der Waals surface area contributed by atoms with Crippen molar-refractivity contribution in [2.45, 2.75) is 13.8 Å². The largest absolute Gasteiger partial charge is 0.507 e. The lowest BCUT2D eigenvalue weighted by atomic mass is 10.1. The first-order valence-corrected chi connectivity index (χ1v) is 7.85. The number of para-hydroxylation sites is 1. The molecule has 0 saturated heterocycles. The summed E-state index contributed by atoms with van der Waals surface area (Å²) in [5.74, 6) is -0.646. The van der Waals surface area contributed by atoms with Gasteiger partial charge in [0.25, 0.3) is 11.5 Å². The second-order valence-electron chi connectivity index (χ2n) is 5.91. The third kappa shape index (κ3) is 2.94. The molecule has 1 heterocycles. The van der Waals surface area contributed by atoms with E-state index >= 15 is 0 Å². The van der Waals surface area contributed by atoms with E-state index in [-0.39, 0.29) is 22.6 Å². The minimum absolute atomic E-state index is 0.125. The summed E-state index contributed by atoms with van der Waals surface area (Å²) in [5.41, 5.74) is 2.17. The van der Waals surface area contributed by atoms with E-state index in [4.69, 9.17) is 0 Å². The first kappa shape index (κ1) is 16.6. The van der Waals surface area contributed by atoms with Crippen molar-refractivity contribution in [3.63, 3.8) is 0 Å². The Bertz CT molecular complexity index is 1000. The molecule has 0 atom stereocenters. The standard InChI is InChI=1S/C19H19N3O3/c1-12-9-10-16(23)15(11-12)18(24)20-17-13(2)21(3)22(19(17)25)14-7-5-4-6-8-14/h4-11,23H,1-3H3,(H,20,24).